The van der Waals surface area contributed by atoms with Gasteiger partial charge in [-0.2, -0.15) is 0 Å². The highest BCUT2D eigenvalue weighted by Crippen LogP contribution is 2.26. The van der Waals surface area contributed by atoms with Crippen LogP contribution in [-0.4, -0.2) is 89.2 Å². The van der Waals surface area contributed by atoms with E-state index in [1.165, 1.54) is 83.5 Å². The molecule has 1 heterocycles. The third-order valence-electron chi connectivity index (χ3n) is 12.6. The highest BCUT2D eigenvalue weighted by atomic mass is 16.7. The van der Waals surface area contributed by atoms with Gasteiger partial charge in [-0.3, -0.25) is 14.4 Å². The predicted molar refractivity (Wildman–Crippen MR) is 285 cm³/mol. The first kappa shape index (κ1) is 65.4. The quantitative estimate of drug-likeness (QED) is 0.0228. The van der Waals surface area contributed by atoms with Crippen LogP contribution in [0.15, 0.2) is 60.8 Å². The molecule has 0 amide bonds. The summed E-state index contributed by atoms with van der Waals surface area (Å²) in [6.45, 7) is 5.79. The Bertz CT molecular complexity index is 1470. The summed E-state index contributed by atoms with van der Waals surface area (Å²) in [5, 5.41) is 31.4. The maximum absolute atomic E-state index is 13.0. The Labute approximate surface area is 430 Å². The minimum Gasteiger partial charge on any atom is -0.479 e. The number of allylic oxidation sites excluding steroid dienone is 10. The summed E-state index contributed by atoms with van der Waals surface area (Å²) in [7, 11) is 0. The van der Waals surface area contributed by atoms with Crippen molar-refractivity contribution in [2.24, 2.45) is 0 Å². The molecule has 6 atom stereocenters. The first-order chi connectivity index (χ1) is 34.6. The minimum atomic E-state index is -1.91. The first-order valence-electron chi connectivity index (χ1n) is 28.3. The van der Waals surface area contributed by atoms with Crippen LogP contribution in [0.3, 0.4) is 0 Å². The van der Waals surface area contributed by atoms with E-state index < -0.39 is 67.3 Å². The predicted octanol–water partition coefficient (Wildman–Crippen LogP) is 14.0. The summed E-state index contributed by atoms with van der Waals surface area (Å²) >= 11 is 0. The smallest absolute Gasteiger partial charge is 0.335 e. The third kappa shape index (κ3) is 37.8. The number of hydrogen-bond donors (Lipinski definition) is 3. The number of rotatable bonds is 47. The van der Waals surface area contributed by atoms with Crippen LogP contribution >= 0.6 is 0 Å². The number of esters is 3. The molecule has 1 aliphatic rings. The van der Waals surface area contributed by atoms with Crippen molar-refractivity contribution >= 4 is 23.9 Å². The first-order valence-corrected chi connectivity index (χ1v) is 28.3. The SMILES string of the molecule is CC/C=C\C/C=C\C/C=C\CCCCCC(=O)OCC(COC1OC(C(=O)O)C(O)C(O)C1OC(=O)CCCCCCCCCCC/C=C\C/C=C\CCCCC)OC(=O)CCCCCCCCCCC. The number of unbranched alkanes of at least 4 members (excludes halogenated alkanes) is 23. The van der Waals surface area contributed by atoms with Crippen LogP contribution in [0.4, 0.5) is 0 Å². The molecule has 3 N–H and O–H groups in total. The maximum Gasteiger partial charge on any atom is 0.335 e. The summed E-state index contributed by atoms with van der Waals surface area (Å²) in [6, 6.07) is 0. The largest absolute Gasteiger partial charge is 0.479 e. The lowest BCUT2D eigenvalue weighted by Gasteiger charge is -2.40. The Hall–Kier alpha value is -3.58. The van der Waals surface area contributed by atoms with E-state index in [2.05, 4.69) is 81.5 Å². The Morgan fingerprint density at radius 1 is 0.479 bits per heavy atom. The van der Waals surface area contributed by atoms with Gasteiger partial charge in [-0.1, -0.05) is 197 Å². The average Bonchev–Trinajstić information content (AvgIpc) is 3.35. The monoisotopic (exact) mass is 1000 g/mol. The van der Waals surface area contributed by atoms with Crippen molar-refractivity contribution in [3.63, 3.8) is 0 Å². The molecule has 0 aromatic heterocycles. The van der Waals surface area contributed by atoms with Gasteiger partial charge in [-0.25, -0.2) is 4.79 Å². The molecule has 0 saturated carbocycles. The highest BCUT2D eigenvalue weighted by Gasteiger charge is 2.50. The molecule has 0 aromatic rings. The zero-order chi connectivity index (χ0) is 51.8. The fourth-order valence-corrected chi connectivity index (χ4v) is 8.24. The van der Waals surface area contributed by atoms with Gasteiger partial charge >= 0.3 is 23.9 Å². The molecule has 12 heteroatoms. The topological polar surface area (TPSA) is 175 Å². The Balaban J connectivity index is 2.66. The van der Waals surface area contributed by atoms with E-state index in [0.717, 1.165) is 96.3 Å². The highest BCUT2D eigenvalue weighted by molar-refractivity contribution is 5.74. The number of ether oxygens (including phenoxy) is 5. The summed E-state index contributed by atoms with van der Waals surface area (Å²) in [5.74, 6) is -3.16. The standard InChI is InChI=1S/C59H100O12/c1-4-7-10-13-16-19-21-23-24-25-26-27-28-30-32-35-38-41-44-47-53(62)70-57-55(64)54(63)56(58(65)66)71-59(57)68-49-50(69-52(61)46-43-40-37-33-18-15-12-9-6-3)48-67-51(60)45-42-39-36-34-31-29-22-20-17-14-11-8-5-2/h8,11,16-17,19-20,23-24,29,31,50,54-57,59,63-64H,4-7,9-10,12-15,18,21-22,25-28,30,32-49H2,1-3H3,(H,65,66)/b11-8-,19-16-,20-17-,24-23-,31-29-. The zero-order valence-electron chi connectivity index (χ0n) is 44.7. The third-order valence-corrected chi connectivity index (χ3v) is 12.6. The number of carbonyl (C=O) groups excluding carboxylic acids is 3. The number of carboxylic acid groups (broad SMARTS) is 1. The number of aliphatic hydroxyl groups is 2. The van der Waals surface area contributed by atoms with Gasteiger partial charge in [0.15, 0.2) is 24.6 Å². The molecular formula is C59H100O12. The van der Waals surface area contributed by atoms with E-state index in [-0.39, 0.29) is 25.9 Å². The molecule has 6 unspecified atom stereocenters. The van der Waals surface area contributed by atoms with E-state index in [4.69, 9.17) is 23.7 Å². The van der Waals surface area contributed by atoms with E-state index in [0.29, 0.717) is 19.3 Å². The lowest BCUT2D eigenvalue weighted by molar-refractivity contribution is -0.301. The van der Waals surface area contributed by atoms with Crippen molar-refractivity contribution < 1.29 is 58.2 Å². The van der Waals surface area contributed by atoms with E-state index in [1.807, 2.05) is 0 Å². The molecule has 0 radical (unpaired) electrons. The fourth-order valence-electron chi connectivity index (χ4n) is 8.24. The van der Waals surface area contributed by atoms with Crippen LogP contribution in [0.1, 0.15) is 239 Å². The van der Waals surface area contributed by atoms with Crippen molar-refractivity contribution in [3.8, 4) is 0 Å². The molecule has 1 saturated heterocycles. The second kappa shape index (κ2) is 47.4. The summed E-state index contributed by atoms with van der Waals surface area (Å²) in [6.07, 6.45) is 45.0. The molecule has 0 aromatic carbocycles. The number of carboxylic acids is 1. The number of aliphatic carboxylic acids is 1. The van der Waals surface area contributed by atoms with E-state index in [1.54, 1.807) is 0 Å². The molecule has 1 aliphatic heterocycles. The van der Waals surface area contributed by atoms with Crippen molar-refractivity contribution in [1.82, 2.24) is 0 Å². The zero-order valence-corrected chi connectivity index (χ0v) is 44.7. The van der Waals surface area contributed by atoms with Gasteiger partial charge in [0.05, 0.1) is 6.61 Å². The minimum absolute atomic E-state index is 0.0529. The molecule has 71 heavy (non-hydrogen) atoms. The fraction of sp³-hybridized carbons (Fsp3) is 0.763. The number of carbonyl (C=O) groups is 4. The van der Waals surface area contributed by atoms with Crippen LogP contribution in [-0.2, 0) is 42.9 Å². The normalized spacial score (nSPS) is 18.9. The van der Waals surface area contributed by atoms with Crippen LogP contribution in [0.5, 0.6) is 0 Å². The van der Waals surface area contributed by atoms with Crippen molar-refractivity contribution in [3.05, 3.63) is 60.8 Å². The molecule has 12 nitrogen and oxygen atoms in total. The Morgan fingerprint density at radius 2 is 0.887 bits per heavy atom. The lowest BCUT2D eigenvalue weighted by atomic mass is 9.98. The van der Waals surface area contributed by atoms with Crippen molar-refractivity contribution in [2.75, 3.05) is 13.2 Å². The van der Waals surface area contributed by atoms with Gasteiger partial charge < -0.3 is 39.0 Å². The number of hydrogen-bond acceptors (Lipinski definition) is 11. The van der Waals surface area contributed by atoms with Crippen LogP contribution in [0.25, 0.3) is 0 Å². The molecule has 0 bridgehead atoms. The second-order valence-corrected chi connectivity index (χ2v) is 19.2. The maximum atomic E-state index is 13.0. The van der Waals surface area contributed by atoms with E-state index >= 15 is 0 Å². The van der Waals surface area contributed by atoms with Crippen LogP contribution < -0.4 is 0 Å². The second-order valence-electron chi connectivity index (χ2n) is 19.2. The van der Waals surface area contributed by atoms with Crippen LogP contribution in [0.2, 0.25) is 0 Å². The van der Waals surface area contributed by atoms with Crippen LogP contribution in [0, 0.1) is 0 Å². The molecule has 0 aliphatic carbocycles. The Morgan fingerprint density at radius 3 is 1.39 bits per heavy atom. The average molecular weight is 1000 g/mol. The summed E-state index contributed by atoms with van der Waals surface area (Å²) < 4.78 is 28.3. The van der Waals surface area contributed by atoms with Gasteiger partial charge in [0, 0.05) is 19.3 Å². The molecule has 1 rings (SSSR count). The van der Waals surface area contributed by atoms with Crippen molar-refractivity contribution in [1.29, 1.82) is 0 Å². The van der Waals surface area contributed by atoms with Gasteiger partial charge in [0.1, 0.15) is 18.8 Å². The van der Waals surface area contributed by atoms with E-state index in [9.17, 15) is 34.5 Å². The summed E-state index contributed by atoms with van der Waals surface area (Å²) in [4.78, 5) is 50.9. The van der Waals surface area contributed by atoms with Gasteiger partial charge in [0.25, 0.3) is 0 Å². The molecular weight excluding hydrogens is 901 g/mol. The Kier molecular flexibility index (Phi) is 43.7. The van der Waals surface area contributed by atoms with Crippen molar-refractivity contribution in [2.45, 2.75) is 276 Å². The molecule has 1 fully saturated rings. The van der Waals surface area contributed by atoms with Gasteiger partial charge in [0.2, 0.25) is 0 Å². The molecule has 0 spiro atoms. The van der Waals surface area contributed by atoms with Gasteiger partial charge in [-0.05, 0) is 83.5 Å². The summed E-state index contributed by atoms with van der Waals surface area (Å²) in [5.41, 5.74) is 0. The molecule has 408 valence electrons. The lowest BCUT2D eigenvalue weighted by Crippen LogP contribution is -2.61. The number of aliphatic hydroxyl groups excluding tert-OH is 2. The van der Waals surface area contributed by atoms with Gasteiger partial charge in [-0.15, -0.1) is 0 Å².